The van der Waals surface area contributed by atoms with Crippen LogP contribution in [0.3, 0.4) is 0 Å². The molecule has 1 aliphatic rings. The lowest BCUT2D eigenvalue weighted by Gasteiger charge is -2.32. The lowest BCUT2D eigenvalue weighted by molar-refractivity contribution is 0.0619. The first-order valence-electron chi connectivity index (χ1n) is 14.2. The summed E-state index contributed by atoms with van der Waals surface area (Å²) in [6.45, 7) is 6.70. The smallest absolute Gasteiger partial charge is 0.263 e. The van der Waals surface area contributed by atoms with Crippen LogP contribution in [0.25, 0.3) is 23.0 Å². The van der Waals surface area contributed by atoms with Gasteiger partial charge < -0.3 is 25.2 Å². The van der Waals surface area contributed by atoms with Crippen LogP contribution in [0.4, 0.5) is 17.5 Å². The average Bonchev–Trinajstić information content (AvgIpc) is 3.59. The molecule has 2 aromatic carbocycles. The van der Waals surface area contributed by atoms with Crippen LogP contribution in [0.2, 0.25) is 0 Å². The van der Waals surface area contributed by atoms with E-state index in [1.54, 1.807) is 18.5 Å². The molecule has 4 heterocycles. The second-order valence-corrected chi connectivity index (χ2v) is 10.8. The highest BCUT2D eigenvalue weighted by molar-refractivity contribution is 6.00. The summed E-state index contributed by atoms with van der Waals surface area (Å²) < 4.78 is 5.60. The molecule has 0 radical (unpaired) electrons. The summed E-state index contributed by atoms with van der Waals surface area (Å²) in [5.41, 5.74) is 3.87. The normalized spacial score (nSPS) is 14.4. The summed E-state index contributed by atoms with van der Waals surface area (Å²) >= 11 is 0. The molecule has 1 amide bonds. The highest BCUT2D eigenvalue weighted by atomic mass is 16.5. The highest BCUT2D eigenvalue weighted by Gasteiger charge is 2.42. The lowest BCUT2D eigenvalue weighted by atomic mass is 9.93. The van der Waals surface area contributed by atoms with Crippen molar-refractivity contribution >= 4 is 23.4 Å². The van der Waals surface area contributed by atoms with E-state index in [-0.39, 0.29) is 18.4 Å². The van der Waals surface area contributed by atoms with Crippen molar-refractivity contribution in [3.05, 3.63) is 95.8 Å². The third-order valence-electron chi connectivity index (χ3n) is 7.57. The van der Waals surface area contributed by atoms with E-state index in [4.69, 9.17) is 9.51 Å². The van der Waals surface area contributed by atoms with Crippen molar-refractivity contribution in [2.24, 2.45) is 0 Å². The van der Waals surface area contributed by atoms with Gasteiger partial charge in [0.1, 0.15) is 17.1 Å². The van der Waals surface area contributed by atoms with Gasteiger partial charge in [-0.1, -0.05) is 48.5 Å². The lowest BCUT2D eigenvalue weighted by Crippen LogP contribution is -2.39. The zero-order chi connectivity index (χ0) is 30.0. The van der Waals surface area contributed by atoms with Gasteiger partial charge >= 0.3 is 0 Å². The standard InChI is InChI=1S/C32H32N8O3/c1-4-16-40-30(42)22-14-13-21(17-24(22)32(40,2)3)35-31-34-18-23(29-37-28(39-43-29)25-12-8-9-15-33-25)27(38-31)36-26(19-41)20-10-6-5-7-11-20/h5-15,17-18,26,41H,4,16,19H2,1-3H3,(H2,34,35,36,38)/t26-/m1/s1. The first kappa shape index (κ1) is 28.0. The number of nitrogens with zero attached hydrogens (tertiary/aromatic N) is 6. The fourth-order valence-electron chi connectivity index (χ4n) is 5.32. The Morgan fingerprint density at radius 3 is 2.56 bits per heavy atom. The molecule has 6 rings (SSSR count). The summed E-state index contributed by atoms with van der Waals surface area (Å²) in [6, 6.07) is 20.3. The summed E-state index contributed by atoms with van der Waals surface area (Å²) in [5.74, 6) is 1.28. The number of nitrogens with one attached hydrogen (secondary N) is 2. The van der Waals surface area contributed by atoms with Gasteiger partial charge in [0.15, 0.2) is 0 Å². The zero-order valence-electron chi connectivity index (χ0n) is 24.2. The van der Waals surface area contributed by atoms with Crippen molar-refractivity contribution in [2.45, 2.75) is 38.8 Å². The molecular formula is C32H32N8O3. The number of aliphatic hydroxyl groups excluding tert-OH is 1. The number of anilines is 3. The fraction of sp³-hybridized carbons (Fsp3) is 0.250. The molecule has 0 aliphatic carbocycles. The van der Waals surface area contributed by atoms with Crippen molar-refractivity contribution in [2.75, 3.05) is 23.8 Å². The summed E-state index contributed by atoms with van der Waals surface area (Å²) in [5, 5.41) is 21.0. The Kier molecular flexibility index (Phi) is 7.56. The Hall–Kier alpha value is -5.16. The number of fused-ring (bicyclic) bond motifs is 1. The van der Waals surface area contributed by atoms with Gasteiger partial charge in [0, 0.05) is 30.2 Å². The Morgan fingerprint density at radius 2 is 1.81 bits per heavy atom. The second kappa shape index (κ2) is 11.6. The van der Waals surface area contributed by atoms with Crippen LogP contribution >= 0.6 is 0 Å². The number of amides is 1. The number of benzene rings is 2. The van der Waals surface area contributed by atoms with E-state index in [0.717, 1.165) is 23.2 Å². The summed E-state index contributed by atoms with van der Waals surface area (Å²) in [4.78, 5) is 33.1. The second-order valence-electron chi connectivity index (χ2n) is 10.8. The molecule has 1 aliphatic heterocycles. The number of aliphatic hydroxyl groups is 1. The molecule has 0 fully saturated rings. The minimum atomic E-state index is -0.461. The topological polar surface area (TPSA) is 142 Å². The maximum absolute atomic E-state index is 13.1. The van der Waals surface area contributed by atoms with E-state index < -0.39 is 11.6 Å². The molecule has 0 spiro atoms. The predicted molar refractivity (Wildman–Crippen MR) is 163 cm³/mol. The number of carbonyl (C=O) groups is 1. The van der Waals surface area contributed by atoms with Crippen LogP contribution in [-0.4, -0.2) is 54.2 Å². The monoisotopic (exact) mass is 576 g/mol. The van der Waals surface area contributed by atoms with E-state index in [1.807, 2.05) is 65.6 Å². The molecule has 0 bridgehead atoms. The van der Waals surface area contributed by atoms with Crippen molar-refractivity contribution in [1.82, 2.24) is 30.0 Å². The molecule has 3 aromatic heterocycles. The third-order valence-corrected chi connectivity index (χ3v) is 7.57. The highest BCUT2D eigenvalue weighted by Crippen LogP contribution is 2.40. The molecular weight excluding hydrogens is 544 g/mol. The Labute approximate surface area is 249 Å². The molecule has 0 unspecified atom stereocenters. The SMILES string of the molecule is CCCN1C(=O)c2ccc(Nc3ncc(-c4nc(-c5ccccn5)no4)c(N[C@H](CO)c4ccccc4)n3)cc2C1(C)C. The van der Waals surface area contributed by atoms with Gasteiger partial charge in [-0.2, -0.15) is 9.97 Å². The van der Waals surface area contributed by atoms with Crippen molar-refractivity contribution < 1.29 is 14.4 Å². The molecule has 43 heavy (non-hydrogen) atoms. The van der Waals surface area contributed by atoms with E-state index in [9.17, 15) is 9.90 Å². The molecule has 3 N–H and O–H groups in total. The molecule has 0 saturated carbocycles. The maximum Gasteiger partial charge on any atom is 0.263 e. The van der Waals surface area contributed by atoms with E-state index in [1.165, 1.54) is 0 Å². The van der Waals surface area contributed by atoms with Gasteiger partial charge in [0.2, 0.25) is 11.8 Å². The van der Waals surface area contributed by atoms with Crippen LogP contribution < -0.4 is 10.6 Å². The summed E-state index contributed by atoms with van der Waals surface area (Å²) in [7, 11) is 0. The van der Waals surface area contributed by atoms with E-state index in [2.05, 4.69) is 51.5 Å². The minimum absolute atomic E-state index is 0.0427. The van der Waals surface area contributed by atoms with Crippen LogP contribution in [-0.2, 0) is 5.54 Å². The van der Waals surface area contributed by atoms with Crippen LogP contribution in [0.1, 0.15) is 54.7 Å². The van der Waals surface area contributed by atoms with Crippen LogP contribution in [0.5, 0.6) is 0 Å². The van der Waals surface area contributed by atoms with Crippen molar-refractivity contribution in [1.29, 1.82) is 0 Å². The number of rotatable bonds is 10. The molecule has 0 saturated heterocycles. The Morgan fingerprint density at radius 1 is 1.00 bits per heavy atom. The molecule has 1 atom stereocenters. The number of pyridine rings is 1. The van der Waals surface area contributed by atoms with Gasteiger partial charge in [-0.15, -0.1) is 0 Å². The number of aromatic nitrogens is 5. The number of carbonyl (C=O) groups excluding carboxylic acids is 1. The Bertz CT molecular complexity index is 1740. The average molecular weight is 577 g/mol. The quantitative estimate of drug-likeness (QED) is 0.193. The van der Waals surface area contributed by atoms with E-state index >= 15 is 0 Å². The first-order valence-corrected chi connectivity index (χ1v) is 14.2. The van der Waals surface area contributed by atoms with Crippen molar-refractivity contribution in [3.8, 4) is 23.0 Å². The summed E-state index contributed by atoms with van der Waals surface area (Å²) in [6.07, 6.45) is 4.13. The molecule has 5 aromatic rings. The maximum atomic E-state index is 13.1. The Balaban J connectivity index is 1.35. The zero-order valence-corrected chi connectivity index (χ0v) is 24.2. The van der Waals surface area contributed by atoms with Gasteiger partial charge in [-0.25, -0.2) is 4.98 Å². The van der Waals surface area contributed by atoms with Gasteiger partial charge in [0.05, 0.1) is 18.2 Å². The minimum Gasteiger partial charge on any atom is -0.394 e. The molecule has 11 heteroatoms. The van der Waals surface area contributed by atoms with Gasteiger partial charge in [-0.05, 0) is 61.7 Å². The molecule has 218 valence electrons. The number of hydrogen-bond acceptors (Lipinski definition) is 10. The van der Waals surface area contributed by atoms with E-state index in [0.29, 0.717) is 41.0 Å². The first-order chi connectivity index (χ1) is 20.9. The van der Waals surface area contributed by atoms with Crippen molar-refractivity contribution in [3.63, 3.8) is 0 Å². The third kappa shape index (κ3) is 5.42. The largest absolute Gasteiger partial charge is 0.394 e. The fourth-order valence-corrected chi connectivity index (χ4v) is 5.32. The predicted octanol–water partition coefficient (Wildman–Crippen LogP) is 5.58. The van der Waals surface area contributed by atoms with Gasteiger partial charge in [0.25, 0.3) is 11.8 Å². The van der Waals surface area contributed by atoms with Crippen LogP contribution in [0, 0.1) is 0 Å². The molecule has 11 nitrogen and oxygen atoms in total. The number of hydrogen-bond donors (Lipinski definition) is 3. The van der Waals surface area contributed by atoms with Crippen LogP contribution in [0.15, 0.2) is 83.6 Å². The van der Waals surface area contributed by atoms with Gasteiger partial charge in [-0.3, -0.25) is 9.78 Å².